The van der Waals surface area contributed by atoms with Gasteiger partial charge in [0.1, 0.15) is 11.6 Å². The van der Waals surface area contributed by atoms with E-state index in [1.807, 2.05) is 31.2 Å². The Kier molecular flexibility index (Phi) is 5.33. The third kappa shape index (κ3) is 4.56. The highest BCUT2D eigenvalue weighted by molar-refractivity contribution is 9.10. The smallest absolute Gasteiger partial charge is 0.258 e. The summed E-state index contributed by atoms with van der Waals surface area (Å²) in [4.78, 5) is 11.8. The van der Waals surface area contributed by atoms with E-state index in [2.05, 4.69) is 21.2 Å². The first-order valence-electron chi connectivity index (χ1n) is 6.45. The molecule has 2 rings (SSSR count). The second kappa shape index (κ2) is 7.22. The molecule has 3 nitrogen and oxygen atoms in total. The van der Waals surface area contributed by atoms with E-state index >= 15 is 0 Å². The minimum absolute atomic E-state index is 0.115. The Hall–Kier alpha value is -1.88. The number of nitrogens with one attached hydrogen (secondary N) is 1. The number of rotatable bonds is 5. The van der Waals surface area contributed by atoms with E-state index in [1.54, 1.807) is 0 Å². The minimum atomic E-state index is -0.363. The molecule has 0 radical (unpaired) electrons. The lowest BCUT2D eigenvalue weighted by Crippen LogP contribution is -2.28. The molecule has 0 unspecified atom stereocenters. The van der Waals surface area contributed by atoms with Crippen LogP contribution in [0.1, 0.15) is 11.1 Å². The number of ether oxygens (including phenoxy) is 1. The van der Waals surface area contributed by atoms with Crippen LogP contribution in [0.5, 0.6) is 5.75 Å². The van der Waals surface area contributed by atoms with Gasteiger partial charge >= 0.3 is 0 Å². The average Bonchev–Trinajstić information content (AvgIpc) is 2.45. The van der Waals surface area contributed by atoms with Crippen LogP contribution in [0.4, 0.5) is 4.39 Å². The zero-order valence-corrected chi connectivity index (χ0v) is 13.1. The van der Waals surface area contributed by atoms with Crippen LogP contribution in [0.2, 0.25) is 0 Å². The molecule has 0 saturated carbocycles. The van der Waals surface area contributed by atoms with Gasteiger partial charge in [-0.3, -0.25) is 4.79 Å². The van der Waals surface area contributed by atoms with Gasteiger partial charge in [-0.2, -0.15) is 0 Å². The molecule has 0 aliphatic carbocycles. The highest BCUT2D eigenvalue weighted by Crippen LogP contribution is 2.25. The Morgan fingerprint density at radius 3 is 2.76 bits per heavy atom. The number of hydrogen-bond donors (Lipinski definition) is 1. The summed E-state index contributed by atoms with van der Waals surface area (Å²) >= 11 is 3.19. The van der Waals surface area contributed by atoms with Gasteiger partial charge in [0.15, 0.2) is 6.61 Å². The maximum absolute atomic E-state index is 12.9. The molecule has 1 amide bonds. The Labute approximate surface area is 131 Å². The van der Waals surface area contributed by atoms with Gasteiger partial charge in [-0.25, -0.2) is 4.39 Å². The van der Waals surface area contributed by atoms with E-state index in [9.17, 15) is 9.18 Å². The van der Waals surface area contributed by atoms with Crippen molar-refractivity contribution < 1.29 is 13.9 Å². The van der Waals surface area contributed by atoms with Crippen LogP contribution < -0.4 is 10.1 Å². The Balaban J connectivity index is 1.84. The lowest BCUT2D eigenvalue weighted by molar-refractivity contribution is -0.123. The van der Waals surface area contributed by atoms with E-state index in [0.717, 1.165) is 11.1 Å². The van der Waals surface area contributed by atoms with Crippen molar-refractivity contribution in [2.45, 2.75) is 13.5 Å². The van der Waals surface area contributed by atoms with Crippen LogP contribution in [0.3, 0.4) is 0 Å². The Morgan fingerprint density at radius 2 is 2.05 bits per heavy atom. The molecule has 0 heterocycles. The maximum Gasteiger partial charge on any atom is 0.258 e. The van der Waals surface area contributed by atoms with Crippen molar-refractivity contribution >= 4 is 21.8 Å². The summed E-state index contributed by atoms with van der Waals surface area (Å²) in [7, 11) is 0. The number of aryl methyl sites for hydroxylation is 1. The van der Waals surface area contributed by atoms with E-state index in [-0.39, 0.29) is 18.3 Å². The van der Waals surface area contributed by atoms with Crippen molar-refractivity contribution in [3.63, 3.8) is 0 Å². The third-order valence-corrected chi connectivity index (χ3v) is 3.61. The topological polar surface area (TPSA) is 38.3 Å². The van der Waals surface area contributed by atoms with Gasteiger partial charge < -0.3 is 10.1 Å². The van der Waals surface area contributed by atoms with Crippen molar-refractivity contribution in [3.8, 4) is 5.75 Å². The van der Waals surface area contributed by atoms with Crippen molar-refractivity contribution in [2.24, 2.45) is 0 Å². The predicted octanol–water partition coefficient (Wildman–Crippen LogP) is 3.59. The van der Waals surface area contributed by atoms with E-state index in [4.69, 9.17) is 4.74 Å². The van der Waals surface area contributed by atoms with Gasteiger partial charge in [0.25, 0.3) is 5.91 Å². The van der Waals surface area contributed by atoms with Gasteiger partial charge in [0, 0.05) is 6.54 Å². The van der Waals surface area contributed by atoms with Crippen LogP contribution in [0.15, 0.2) is 46.9 Å². The Morgan fingerprint density at radius 1 is 1.29 bits per heavy atom. The number of hydrogen-bond acceptors (Lipinski definition) is 2. The number of benzene rings is 2. The summed E-state index contributed by atoms with van der Waals surface area (Å²) in [6.07, 6.45) is 0. The molecule has 0 saturated heterocycles. The van der Waals surface area contributed by atoms with Gasteiger partial charge in [0.2, 0.25) is 0 Å². The van der Waals surface area contributed by atoms with Crippen LogP contribution in [-0.4, -0.2) is 12.5 Å². The molecule has 2 aromatic carbocycles. The summed E-state index contributed by atoms with van der Waals surface area (Å²) in [6.45, 7) is 2.34. The molecule has 0 fully saturated rings. The fourth-order valence-corrected chi connectivity index (χ4v) is 2.25. The number of carbonyl (C=O) groups is 1. The molecular weight excluding hydrogens is 337 g/mol. The van der Waals surface area contributed by atoms with Crippen molar-refractivity contribution in [3.05, 3.63) is 63.9 Å². The zero-order valence-electron chi connectivity index (χ0n) is 11.5. The molecule has 5 heteroatoms. The standard InChI is InChI=1S/C16H15BrFNO2/c1-11-4-2-3-5-12(11)9-19-16(20)10-21-15-7-6-13(18)8-14(15)17/h2-8H,9-10H2,1H3,(H,19,20). The van der Waals surface area contributed by atoms with Crippen molar-refractivity contribution in [1.29, 1.82) is 0 Å². The second-order valence-corrected chi connectivity index (χ2v) is 5.42. The van der Waals surface area contributed by atoms with Crippen LogP contribution >= 0.6 is 15.9 Å². The first-order valence-corrected chi connectivity index (χ1v) is 7.24. The van der Waals surface area contributed by atoms with E-state index < -0.39 is 0 Å². The third-order valence-electron chi connectivity index (χ3n) is 2.99. The zero-order chi connectivity index (χ0) is 15.2. The van der Waals surface area contributed by atoms with Gasteiger partial charge in [-0.05, 0) is 52.2 Å². The summed E-state index contributed by atoms with van der Waals surface area (Å²) in [5.41, 5.74) is 2.19. The predicted molar refractivity (Wildman–Crippen MR) is 82.6 cm³/mol. The number of carbonyl (C=O) groups excluding carboxylic acids is 1. The van der Waals surface area contributed by atoms with Crippen molar-refractivity contribution in [2.75, 3.05) is 6.61 Å². The first-order chi connectivity index (χ1) is 10.1. The molecule has 0 aromatic heterocycles. The van der Waals surface area contributed by atoms with Crippen LogP contribution in [0.25, 0.3) is 0 Å². The summed E-state index contributed by atoms with van der Waals surface area (Å²) in [5.74, 6) is -0.157. The molecule has 1 N–H and O–H groups in total. The van der Waals surface area contributed by atoms with E-state index in [0.29, 0.717) is 16.8 Å². The molecule has 0 bridgehead atoms. The van der Waals surface area contributed by atoms with Crippen LogP contribution in [-0.2, 0) is 11.3 Å². The molecule has 0 aliphatic rings. The van der Waals surface area contributed by atoms with Crippen molar-refractivity contribution in [1.82, 2.24) is 5.32 Å². The van der Waals surface area contributed by atoms with Gasteiger partial charge in [0.05, 0.1) is 4.47 Å². The largest absolute Gasteiger partial charge is 0.483 e. The number of amides is 1. The second-order valence-electron chi connectivity index (χ2n) is 4.57. The highest BCUT2D eigenvalue weighted by atomic mass is 79.9. The SMILES string of the molecule is Cc1ccccc1CNC(=O)COc1ccc(F)cc1Br. The fourth-order valence-electron chi connectivity index (χ4n) is 1.79. The molecule has 0 aliphatic heterocycles. The molecule has 21 heavy (non-hydrogen) atoms. The van der Waals surface area contributed by atoms with Crippen LogP contribution in [0, 0.1) is 12.7 Å². The fraction of sp³-hybridized carbons (Fsp3) is 0.188. The highest BCUT2D eigenvalue weighted by Gasteiger charge is 2.07. The maximum atomic E-state index is 12.9. The summed E-state index contributed by atoms with van der Waals surface area (Å²) < 4.78 is 18.8. The normalized spacial score (nSPS) is 10.2. The molecule has 2 aromatic rings. The first kappa shape index (κ1) is 15.5. The van der Waals surface area contributed by atoms with Gasteiger partial charge in [-0.15, -0.1) is 0 Å². The number of halogens is 2. The lowest BCUT2D eigenvalue weighted by Gasteiger charge is -2.10. The summed E-state index contributed by atoms with van der Waals surface area (Å²) in [6, 6.07) is 11.9. The average molecular weight is 352 g/mol. The minimum Gasteiger partial charge on any atom is -0.483 e. The Bertz CT molecular complexity index is 646. The molecule has 110 valence electrons. The lowest BCUT2D eigenvalue weighted by atomic mass is 10.1. The molecular formula is C16H15BrFNO2. The quantitative estimate of drug-likeness (QED) is 0.893. The van der Waals surface area contributed by atoms with Gasteiger partial charge in [-0.1, -0.05) is 24.3 Å². The van der Waals surface area contributed by atoms with E-state index in [1.165, 1.54) is 18.2 Å². The molecule has 0 atom stereocenters. The summed E-state index contributed by atoms with van der Waals surface area (Å²) in [5, 5.41) is 2.79. The molecule has 0 spiro atoms. The monoisotopic (exact) mass is 351 g/mol.